The van der Waals surface area contributed by atoms with E-state index in [1.54, 1.807) is 12.1 Å². The second-order valence-corrected chi connectivity index (χ2v) is 4.73. The molecule has 8 heteroatoms. The fraction of sp³-hybridized carbons (Fsp3) is 0. The summed E-state index contributed by atoms with van der Waals surface area (Å²) in [5.74, 6) is -1.19. The van der Waals surface area contributed by atoms with Crippen molar-refractivity contribution in [3.63, 3.8) is 0 Å². The smallest absolute Gasteiger partial charge is 0.288 e. The van der Waals surface area contributed by atoms with Gasteiger partial charge in [0.05, 0.1) is 4.92 Å². The van der Waals surface area contributed by atoms with Crippen LogP contribution in [0.1, 0.15) is 20.7 Å². The van der Waals surface area contributed by atoms with Gasteiger partial charge in [0.1, 0.15) is 5.02 Å². The number of carbonyl (C=O) groups is 2. The average Bonchev–Trinajstić information content (AvgIpc) is 2.47. The lowest BCUT2D eigenvalue weighted by molar-refractivity contribution is -0.384. The highest BCUT2D eigenvalue weighted by Crippen LogP contribution is 2.25. The highest BCUT2D eigenvalue weighted by Gasteiger charge is 2.16. The molecule has 0 aliphatic rings. The first-order valence-corrected chi connectivity index (χ1v) is 6.41. The number of halogens is 1. The molecule has 3 N–H and O–H groups in total. The molecule has 2 aromatic carbocycles. The number of rotatable bonds is 4. The molecule has 2 aromatic rings. The van der Waals surface area contributed by atoms with Gasteiger partial charge in [-0.15, -0.1) is 0 Å². The van der Waals surface area contributed by atoms with Crippen LogP contribution in [0.5, 0.6) is 0 Å². The van der Waals surface area contributed by atoms with Gasteiger partial charge in [-0.3, -0.25) is 19.7 Å². The van der Waals surface area contributed by atoms with Crippen LogP contribution in [0.2, 0.25) is 5.02 Å². The van der Waals surface area contributed by atoms with Crippen molar-refractivity contribution in [3.8, 4) is 0 Å². The number of carbonyl (C=O) groups excluding carboxylic acids is 2. The SMILES string of the molecule is NC(=O)c1cccc(NC(=O)c2ccc(Cl)c([N+](=O)[O-])c2)c1. The molecule has 0 saturated heterocycles. The quantitative estimate of drug-likeness (QED) is 0.665. The Morgan fingerprint density at radius 3 is 2.50 bits per heavy atom. The molecule has 0 aliphatic heterocycles. The van der Waals surface area contributed by atoms with Crippen molar-refractivity contribution in [2.45, 2.75) is 0 Å². The van der Waals surface area contributed by atoms with Gasteiger partial charge in [0.25, 0.3) is 11.6 Å². The Labute approximate surface area is 129 Å². The van der Waals surface area contributed by atoms with Gasteiger partial charge in [-0.2, -0.15) is 0 Å². The number of primary amides is 1. The number of benzene rings is 2. The number of hydrogen-bond donors (Lipinski definition) is 2. The Hall–Kier alpha value is -2.93. The van der Waals surface area contributed by atoms with Crippen LogP contribution in [0.4, 0.5) is 11.4 Å². The number of anilines is 1. The molecule has 0 saturated carbocycles. The maximum absolute atomic E-state index is 12.1. The van der Waals surface area contributed by atoms with Crippen LogP contribution in [0.15, 0.2) is 42.5 Å². The van der Waals surface area contributed by atoms with Gasteiger partial charge in [-0.25, -0.2) is 0 Å². The zero-order valence-electron chi connectivity index (χ0n) is 11.1. The Bertz CT molecular complexity index is 776. The Morgan fingerprint density at radius 1 is 1.14 bits per heavy atom. The third-order valence-corrected chi connectivity index (χ3v) is 3.13. The number of amides is 2. The summed E-state index contributed by atoms with van der Waals surface area (Å²) in [4.78, 5) is 33.3. The van der Waals surface area contributed by atoms with E-state index in [9.17, 15) is 19.7 Å². The number of hydrogen-bond acceptors (Lipinski definition) is 4. The van der Waals surface area contributed by atoms with Crippen LogP contribution in [0.25, 0.3) is 0 Å². The van der Waals surface area contributed by atoms with Crippen LogP contribution in [0, 0.1) is 10.1 Å². The molecule has 0 aliphatic carbocycles. The largest absolute Gasteiger partial charge is 0.366 e. The molecule has 0 radical (unpaired) electrons. The maximum Gasteiger partial charge on any atom is 0.288 e. The van der Waals surface area contributed by atoms with E-state index in [0.717, 1.165) is 6.07 Å². The second kappa shape index (κ2) is 6.23. The minimum atomic E-state index is -0.674. The lowest BCUT2D eigenvalue weighted by Crippen LogP contribution is -2.14. The second-order valence-electron chi connectivity index (χ2n) is 4.32. The molecule has 0 unspecified atom stereocenters. The van der Waals surface area contributed by atoms with Crippen molar-refractivity contribution in [2.75, 3.05) is 5.32 Å². The summed E-state index contributed by atoms with van der Waals surface area (Å²) in [6.45, 7) is 0. The Balaban J connectivity index is 2.26. The molecule has 0 bridgehead atoms. The van der Waals surface area contributed by atoms with Crippen molar-refractivity contribution in [1.82, 2.24) is 0 Å². The summed E-state index contributed by atoms with van der Waals surface area (Å²) < 4.78 is 0. The molecule has 2 rings (SSSR count). The zero-order chi connectivity index (χ0) is 16.3. The molecule has 22 heavy (non-hydrogen) atoms. The zero-order valence-corrected chi connectivity index (χ0v) is 11.8. The van der Waals surface area contributed by atoms with Gasteiger partial charge in [0, 0.05) is 22.9 Å². The number of nitro groups is 1. The molecular formula is C14H10ClN3O4. The summed E-state index contributed by atoms with van der Waals surface area (Å²) >= 11 is 5.69. The summed E-state index contributed by atoms with van der Waals surface area (Å²) in [5, 5.41) is 13.3. The van der Waals surface area contributed by atoms with Crippen LogP contribution >= 0.6 is 11.6 Å². The van der Waals surface area contributed by atoms with E-state index in [-0.39, 0.29) is 21.8 Å². The first-order valence-electron chi connectivity index (χ1n) is 6.03. The van der Waals surface area contributed by atoms with Crippen molar-refractivity contribution in [3.05, 3.63) is 68.7 Å². The third kappa shape index (κ3) is 3.39. The molecule has 0 spiro atoms. The van der Waals surface area contributed by atoms with E-state index in [0.29, 0.717) is 5.69 Å². The molecule has 0 fully saturated rings. The van der Waals surface area contributed by atoms with Crippen LogP contribution in [-0.4, -0.2) is 16.7 Å². The predicted octanol–water partition coefficient (Wildman–Crippen LogP) is 2.60. The molecule has 7 nitrogen and oxygen atoms in total. The third-order valence-electron chi connectivity index (χ3n) is 2.81. The van der Waals surface area contributed by atoms with Crippen molar-refractivity contribution in [1.29, 1.82) is 0 Å². The van der Waals surface area contributed by atoms with Gasteiger partial charge < -0.3 is 11.1 Å². The van der Waals surface area contributed by atoms with Gasteiger partial charge >= 0.3 is 0 Å². The van der Waals surface area contributed by atoms with E-state index in [4.69, 9.17) is 17.3 Å². The number of nitrogens with two attached hydrogens (primary N) is 1. The van der Waals surface area contributed by atoms with E-state index in [1.807, 2.05) is 0 Å². The van der Waals surface area contributed by atoms with Crippen LogP contribution in [-0.2, 0) is 0 Å². The minimum absolute atomic E-state index is 0.0581. The van der Waals surface area contributed by atoms with E-state index >= 15 is 0 Å². The fourth-order valence-corrected chi connectivity index (χ4v) is 1.93. The normalized spacial score (nSPS) is 10.0. The van der Waals surface area contributed by atoms with Gasteiger partial charge in [-0.05, 0) is 30.3 Å². The number of nitrogens with zero attached hydrogens (tertiary/aromatic N) is 1. The van der Waals surface area contributed by atoms with Crippen molar-refractivity contribution >= 4 is 34.8 Å². The van der Waals surface area contributed by atoms with E-state index in [2.05, 4.69) is 5.32 Å². The summed E-state index contributed by atoms with van der Waals surface area (Å²) in [6.07, 6.45) is 0. The lowest BCUT2D eigenvalue weighted by Gasteiger charge is -2.06. The molecule has 0 atom stereocenters. The number of nitrogens with one attached hydrogen (secondary N) is 1. The highest BCUT2D eigenvalue weighted by molar-refractivity contribution is 6.32. The summed E-state index contributed by atoms with van der Waals surface area (Å²) in [5.41, 5.74) is 5.44. The molecular weight excluding hydrogens is 310 g/mol. The van der Waals surface area contributed by atoms with Gasteiger partial charge in [0.2, 0.25) is 5.91 Å². The lowest BCUT2D eigenvalue weighted by atomic mass is 10.1. The fourth-order valence-electron chi connectivity index (χ4n) is 1.75. The molecule has 0 aromatic heterocycles. The predicted molar refractivity (Wildman–Crippen MR) is 81.0 cm³/mol. The van der Waals surface area contributed by atoms with Crippen LogP contribution in [0.3, 0.4) is 0 Å². The molecule has 112 valence electrons. The highest BCUT2D eigenvalue weighted by atomic mass is 35.5. The monoisotopic (exact) mass is 319 g/mol. The minimum Gasteiger partial charge on any atom is -0.366 e. The average molecular weight is 320 g/mol. The standard InChI is InChI=1S/C14H10ClN3O4/c15-11-5-4-9(7-12(11)18(21)22)14(20)17-10-3-1-2-8(6-10)13(16)19/h1-7H,(H2,16,19)(H,17,20). The first kappa shape index (κ1) is 15.5. The van der Waals surface area contributed by atoms with E-state index in [1.165, 1.54) is 24.3 Å². The summed E-state index contributed by atoms with van der Waals surface area (Å²) in [7, 11) is 0. The first-order chi connectivity index (χ1) is 10.4. The molecule has 2 amide bonds. The molecule has 0 heterocycles. The van der Waals surface area contributed by atoms with Gasteiger partial charge in [0.15, 0.2) is 0 Å². The van der Waals surface area contributed by atoms with Crippen molar-refractivity contribution < 1.29 is 14.5 Å². The Kier molecular flexibility index (Phi) is 4.38. The Morgan fingerprint density at radius 2 is 1.86 bits per heavy atom. The van der Waals surface area contributed by atoms with E-state index < -0.39 is 16.7 Å². The van der Waals surface area contributed by atoms with Gasteiger partial charge in [-0.1, -0.05) is 17.7 Å². The van der Waals surface area contributed by atoms with Crippen LogP contribution < -0.4 is 11.1 Å². The maximum atomic E-state index is 12.1. The van der Waals surface area contributed by atoms with Crippen molar-refractivity contribution in [2.24, 2.45) is 5.73 Å². The summed E-state index contributed by atoms with van der Waals surface area (Å²) in [6, 6.07) is 9.75. The topological polar surface area (TPSA) is 115 Å². The number of nitro benzene ring substituents is 1.